The van der Waals surface area contributed by atoms with Gasteiger partial charge in [-0.1, -0.05) is 60.6 Å². The van der Waals surface area contributed by atoms with Crippen LogP contribution in [0, 0.1) is 5.92 Å². The number of amides is 3. The van der Waals surface area contributed by atoms with Crippen molar-refractivity contribution in [3.05, 3.63) is 107 Å². The summed E-state index contributed by atoms with van der Waals surface area (Å²) in [4.78, 5) is 49.2. The Morgan fingerprint density at radius 3 is 2.44 bits per heavy atom. The largest absolute Gasteiger partial charge is 0.494 e. The van der Waals surface area contributed by atoms with Gasteiger partial charge in [0.1, 0.15) is 5.75 Å². The van der Waals surface area contributed by atoms with E-state index in [4.69, 9.17) is 9.47 Å². The number of halogens is 1. The molecule has 3 aromatic rings. The summed E-state index contributed by atoms with van der Waals surface area (Å²) < 4.78 is 29.9. The van der Waals surface area contributed by atoms with Gasteiger partial charge in [-0.15, -0.1) is 0 Å². The van der Waals surface area contributed by atoms with Crippen molar-refractivity contribution in [2.45, 2.75) is 116 Å². The van der Waals surface area contributed by atoms with Gasteiger partial charge in [0.2, 0.25) is 20.2 Å². The van der Waals surface area contributed by atoms with Crippen LogP contribution in [0.4, 0.5) is 21.2 Å². The number of carbonyl (C=O) groups excluding carboxylic acids is 3. The van der Waals surface area contributed by atoms with Crippen LogP contribution < -0.4 is 19.9 Å². The molecule has 340 valence electrons. The van der Waals surface area contributed by atoms with Gasteiger partial charge in [0.15, 0.2) is 5.60 Å². The second kappa shape index (κ2) is 20.9. The third kappa shape index (κ3) is 10.5. The number of anilines is 3. The molecule has 3 aliphatic heterocycles. The first-order chi connectivity index (χ1) is 30.1. The minimum absolute atomic E-state index is 0.0674. The van der Waals surface area contributed by atoms with Gasteiger partial charge in [-0.05, 0) is 127 Å². The molecule has 1 spiro atoms. The maximum Gasteiger partial charge on any atom is 0.264 e. The number of benzene rings is 3. The van der Waals surface area contributed by atoms with Gasteiger partial charge in [-0.3, -0.25) is 19.3 Å². The number of hydrogen-bond donors (Lipinski definition) is 3. The van der Waals surface area contributed by atoms with E-state index in [1.165, 1.54) is 5.57 Å². The van der Waals surface area contributed by atoms with Crippen molar-refractivity contribution < 1.29 is 38.2 Å². The summed E-state index contributed by atoms with van der Waals surface area (Å²) in [6, 6.07) is 20.2. The highest BCUT2D eigenvalue weighted by molar-refractivity contribution is 6.72. The van der Waals surface area contributed by atoms with Gasteiger partial charge >= 0.3 is 0 Å². The smallest absolute Gasteiger partial charge is 0.264 e. The molecule has 63 heavy (non-hydrogen) atoms. The first-order valence-corrected chi connectivity index (χ1v) is 25.6. The van der Waals surface area contributed by atoms with Crippen LogP contribution in [0.5, 0.6) is 5.75 Å². The number of hydrogen-bond acceptors (Lipinski definition) is 8. The molecule has 0 radical (unpaired) electrons. The van der Waals surface area contributed by atoms with E-state index < -0.39 is 37.6 Å². The molecule has 11 nitrogen and oxygen atoms in total. The lowest BCUT2D eigenvalue weighted by molar-refractivity contribution is -0.149. The lowest BCUT2D eigenvalue weighted by Gasteiger charge is -2.36. The molecule has 1 unspecified atom stereocenters. The molecule has 13 heteroatoms. The molecule has 1 saturated heterocycles. The Labute approximate surface area is 374 Å². The molecule has 3 aliphatic rings. The predicted octanol–water partition coefficient (Wildman–Crippen LogP) is 8.26. The summed E-state index contributed by atoms with van der Waals surface area (Å²) >= 11 is 0. The Hall–Kier alpha value is -4.66. The number of aliphatic hydroxyl groups is 2. The number of nitrogens with one attached hydrogen (secondary N) is 1. The van der Waals surface area contributed by atoms with Crippen LogP contribution >= 0.6 is 0 Å². The number of ether oxygens (including phenoxy) is 2. The van der Waals surface area contributed by atoms with Gasteiger partial charge in [0, 0.05) is 49.0 Å². The van der Waals surface area contributed by atoms with E-state index in [1.807, 2.05) is 80.6 Å². The van der Waals surface area contributed by atoms with E-state index in [0.717, 1.165) is 29.5 Å². The Bertz CT molecular complexity index is 2160. The fourth-order valence-electron chi connectivity index (χ4n) is 9.73. The number of carbonyl (C=O) groups is 3. The lowest BCUT2D eigenvalue weighted by Crippen LogP contribution is -2.49. The molecule has 0 aromatic heterocycles. The van der Waals surface area contributed by atoms with E-state index in [1.54, 1.807) is 27.8 Å². The Kier molecular flexibility index (Phi) is 15.9. The van der Waals surface area contributed by atoms with Crippen LogP contribution in [0.15, 0.2) is 90.0 Å². The van der Waals surface area contributed by atoms with Crippen LogP contribution in [0.25, 0.3) is 0 Å². The summed E-state index contributed by atoms with van der Waals surface area (Å²) in [6.07, 6.45) is 6.61. The monoisotopic (exact) mass is 882 g/mol. The van der Waals surface area contributed by atoms with Gasteiger partial charge in [-0.2, -0.15) is 0 Å². The summed E-state index contributed by atoms with van der Waals surface area (Å²) in [7, 11) is -3.65. The minimum Gasteiger partial charge on any atom is -0.494 e. The zero-order valence-electron chi connectivity index (χ0n) is 38.2. The zero-order chi connectivity index (χ0) is 45.5. The molecule has 3 N–H and O–H groups in total. The zero-order valence-corrected chi connectivity index (χ0v) is 39.2. The van der Waals surface area contributed by atoms with Crippen molar-refractivity contribution in [3.63, 3.8) is 0 Å². The van der Waals surface area contributed by atoms with E-state index >= 15 is 8.90 Å². The van der Waals surface area contributed by atoms with Crippen molar-refractivity contribution in [2.24, 2.45) is 5.92 Å². The molecule has 3 heterocycles. The Balaban J connectivity index is 1.44. The summed E-state index contributed by atoms with van der Waals surface area (Å²) in [6.45, 7) is 14.7. The van der Waals surface area contributed by atoms with Crippen molar-refractivity contribution in [2.75, 3.05) is 49.3 Å². The molecule has 5 atom stereocenters. The molecule has 3 aromatic carbocycles. The normalized spacial score (nSPS) is 22.1. The number of allylic oxidation sites excluding steroid dienone is 3. The highest BCUT2D eigenvalue weighted by Crippen LogP contribution is 2.61. The molecular weight excluding hydrogens is 816 g/mol. The Morgan fingerprint density at radius 2 is 1.76 bits per heavy atom. The summed E-state index contributed by atoms with van der Waals surface area (Å²) in [5.74, 6) is -0.753. The summed E-state index contributed by atoms with van der Waals surface area (Å²) in [5, 5.41) is 22.8. The topological polar surface area (TPSA) is 132 Å². The average Bonchev–Trinajstić information content (AvgIpc) is 3.67. The van der Waals surface area contributed by atoms with E-state index in [0.29, 0.717) is 60.8 Å². The standard InChI is InChI=1S/C50H67FN4O7Si/c1-8-61-40-20-22-43-38(29-40)30-42(52-24-12-13-27-56)48(59)55(43)39-19-21-44-41(31-39)50(49(60)54(44)25-23-35(4)16-14-15-34(2)3)36(5)47(63(6,7)51)45(62-50)32-46(58)53(26-28-57)33-37-17-10-9-11-18-37/h9-11,15,17-23,29,31,36,42,45,47,52,56-57H,8,12-14,16,24-28,30,32-33H2,1-7H3/b35-23+/t36-,42?,45+,47-,50+/m1/s1. The Morgan fingerprint density at radius 1 is 1.02 bits per heavy atom. The molecular formula is C50H67FN4O7Si. The fraction of sp³-hybridized carbons (Fsp3) is 0.500. The van der Waals surface area contributed by atoms with Gasteiger partial charge in [0.25, 0.3) is 5.91 Å². The van der Waals surface area contributed by atoms with Gasteiger partial charge < -0.3 is 38.9 Å². The van der Waals surface area contributed by atoms with E-state index in [9.17, 15) is 19.8 Å². The van der Waals surface area contributed by atoms with Crippen LogP contribution in [-0.4, -0.2) is 92.8 Å². The molecule has 0 saturated carbocycles. The molecule has 6 rings (SSSR count). The van der Waals surface area contributed by atoms with Gasteiger partial charge in [-0.25, -0.2) is 0 Å². The van der Waals surface area contributed by atoms with Crippen molar-refractivity contribution >= 4 is 43.2 Å². The van der Waals surface area contributed by atoms with Gasteiger partial charge in [0.05, 0.1) is 43.2 Å². The number of unbranched alkanes of at least 4 members (excludes halogenated alkanes) is 1. The predicted molar refractivity (Wildman–Crippen MR) is 249 cm³/mol. The first-order valence-electron chi connectivity index (χ1n) is 22.6. The maximum absolute atomic E-state index is 16.9. The highest BCUT2D eigenvalue weighted by atomic mass is 28.4. The second-order valence-corrected chi connectivity index (χ2v) is 21.8. The fourth-order valence-corrected chi connectivity index (χ4v) is 12.2. The lowest BCUT2D eigenvalue weighted by atomic mass is 9.82. The van der Waals surface area contributed by atoms with Crippen molar-refractivity contribution in [1.29, 1.82) is 0 Å². The number of nitrogens with zero attached hydrogens (tertiary/aromatic N) is 3. The van der Waals surface area contributed by atoms with E-state index in [2.05, 4.69) is 38.2 Å². The number of fused-ring (bicyclic) bond motifs is 3. The number of aliphatic hydroxyl groups excluding tert-OH is 2. The van der Waals surface area contributed by atoms with Crippen LogP contribution in [0.3, 0.4) is 0 Å². The highest BCUT2D eigenvalue weighted by Gasteiger charge is 2.67. The second-order valence-electron chi connectivity index (χ2n) is 18.0. The van der Waals surface area contributed by atoms with Crippen molar-refractivity contribution in [1.82, 2.24) is 10.2 Å². The summed E-state index contributed by atoms with van der Waals surface area (Å²) in [5.41, 5.74) is 4.19. The number of rotatable bonds is 20. The van der Waals surface area contributed by atoms with Crippen LogP contribution in [0.1, 0.15) is 83.4 Å². The maximum atomic E-state index is 16.9. The molecule has 0 bridgehead atoms. The third-order valence-corrected chi connectivity index (χ3v) is 15.2. The van der Waals surface area contributed by atoms with Crippen molar-refractivity contribution in [3.8, 4) is 5.75 Å². The minimum atomic E-state index is -3.65. The molecule has 1 fully saturated rings. The SMILES string of the molecule is CCOc1ccc2c(c1)CC(NCCCCO)C(=O)N2c1ccc2c(c1)[C@]1(O[C@@H](CC(=O)N(CCO)Cc3ccccc3)[C@H]([Si](C)(C)F)[C@H]1C)C(=O)N2C/C=C(\C)CCC=C(C)C. The average molecular weight is 883 g/mol. The molecule has 3 amide bonds. The molecule has 0 aliphatic carbocycles. The van der Waals surface area contributed by atoms with Crippen LogP contribution in [-0.2, 0) is 37.7 Å². The van der Waals surface area contributed by atoms with Crippen LogP contribution in [0.2, 0.25) is 18.6 Å². The van der Waals surface area contributed by atoms with E-state index in [-0.39, 0.29) is 57.0 Å². The first kappa shape index (κ1) is 47.8. The quantitative estimate of drug-likeness (QED) is 0.0448. The third-order valence-electron chi connectivity index (χ3n) is 12.8.